The lowest BCUT2D eigenvalue weighted by Gasteiger charge is -2.19. The van der Waals surface area contributed by atoms with Gasteiger partial charge in [-0.05, 0) is 43.0 Å². The first-order chi connectivity index (χ1) is 8.19. The summed E-state index contributed by atoms with van der Waals surface area (Å²) < 4.78 is 26.4. The number of rotatable bonds is 6. The zero-order valence-electron chi connectivity index (χ0n) is 10.2. The molecule has 1 nitrogen and oxygen atoms in total. The maximum atomic E-state index is 13.2. The Labute approximate surface area is 101 Å². The molecule has 1 aliphatic carbocycles. The van der Waals surface area contributed by atoms with Crippen molar-refractivity contribution in [1.82, 2.24) is 5.32 Å². The molecule has 0 aromatic heterocycles. The van der Waals surface area contributed by atoms with Crippen LogP contribution < -0.4 is 5.32 Å². The standard InChI is InChI=1S/C14H19F2N/c1-2-5-17-14(6-10-3-4-10)11-7-12(15)9-13(16)8-11/h7-10,14,17H,2-6H2,1H3. The average molecular weight is 239 g/mol. The summed E-state index contributed by atoms with van der Waals surface area (Å²) in [6, 6.07) is 3.90. The van der Waals surface area contributed by atoms with Crippen LogP contribution in [0.25, 0.3) is 0 Å². The van der Waals surface area contributed by atoms with E-state index in [1.165, 1.54) is 25.0 Å². The van der Waals surface area contributed by atoms with Crippen molar-refractivity contribution in [2.24, 2.45) is 5.92 Å². The Balaban J connectivity index is 2.10. The largest absolute Gasteiger partial charge is 0.310 e. The summed E-state index contributed by atoms with van der Waals surface area (Å²) in [6.07, 6.45) is 4.52. The van der Waals surface area contributed by atoms with E-state index in [-0.39, 0.29) is 6.04 Å². The van der Waals surface area contributed by atoms with Gasteiger partial charge in [0.2, 0.25) is 0 Å². The predicted molar refractivity (Wildman–Crippen MR) is 64.7 cm³/mol. The van der Waals surface area contributed by atoms with Crippen LogP contribution in [0.3, 0.4) is 0 Å². The molecule has 1 aromatic carbocycles. The lowest BCUT2D eigenvalue weighted by atomic mass is 10.0. The van der Waals surface area contributed by atoms with Crippen LogP contribution in [0.15, 0.2) is 18.2 Å². The highest BCUT2D eigenvalue weighted by atomic mass is 19.1. The zero-order valence-corrected chi connectivity index (χ0v) is 10.2. The molecule has 0 saturated heterocycles. The summed E-state index contributed by atoms with van der Waals surface area (Å²) >= 11 is 0. The Bertz CT molecular complexity index is 354. The number of halogens is 2. The van der Waals surface area contributed by atoms with Gasteiger partial charge in [0.05, 0.1) is 0 Å². The Hall–Kier alpha value is -0.960. The molecule has 1 unspecified atom stereocenters. The van der Waals surface area contributed by atoms with Crippen LogP contribution in [-0.2, 0) is 0 Å². The van der Waals surface area contributed by atoms with E-state index >= 15 is 0 Å². The highest BCUT2D eigenvalue weighted by Gasteiger charge is 2.26. The van der Waals surface area contributed by atoms with Gasteiger partial charge in [0.1, 0.15) is 11.6 Å². The molecule has 2 rings (SSSR count). The first kappa shape index (κ1) is 12.5. The fourth-order valence-electron chi connectivity index (χ4n) is 2.12. The average Bonchev–Trinajstić information content (AvgIpc) is 3.06. The molecule has 0 radical (unpaired) electrons. The van der Waals surface area contributed by atoms with Crippen molar-refractivity contribution in [2.75, 3.05) is 6.54 Å². The van der Waals surface area contributed by atoms with Crippen LogP contribution in [0, 0.1) is 17.6 Å². The lowest BCUT2D eigenvalue weighted by molar-refractivity contribution is 0.467. The van der Waals surface area contributed by atoms with E-state index in [0.717, 1.165) is 36.9 Å². The van der Waals surface area contributed by atoms with Crippen LogP contribution in [0.1, 0.15) is 44.2 Å². The Morgan fingerprint density at radius 2 is 1.88 bits per heavy atom. The van der Waals surface area contributed by atoms with Gasteiger partial charge in [0, 0.05) is 12.1 Å². The Morgan fingerprint density at radius 3 is 2.41 bits per heavy atom. The second kappa shape index (κ2) is 5.58. The Kier molecular flexibility index (Phi) is 4.11. The van der Waals surface area contributed by atoms with Crippen LogP contribution in [0.2, 0.25) is 0 Å². The van der Waals surface area contributed by atoms with E-state index in [1.807, 2.05) is 0 Å². The summed E-state index contributed by atoms with van der Waals surface area (Å²) in [6.45, 7) is 2.98. The third kappa shape index (κ3) is 3.77. The molecule has 1 N–H and O–H groups in total. The molecule has 17 heavy (non-hydrogen) atoms. The number of benzene rings is 1. The molecule has 1 saturated carbocycles. The van der Waals surface area contributed by atoms with Crippen LogP contribution in [0.5, 0.6) is 0 Å². The van der Waals surface area contributed by atoms with Gasteiger partial charge in [-0.15, -0.1) is 0 Å². The molecular formula is C14H19F2N. The first-order valence-corrected chi connectivity index (χ1v) is 6.38. The van der Waals surface area contributed by atoms with Crippen LogP contribution in [0.4, 0.5) is 8.78 Å². The third-order valence-electron chi connectivity index (χ3n) is 3.19. The molecule has 1 atom stereocenters. The van der Waals surface area contributed by atoms with E-state index < -0.39 is 11.6 Å². The second-order valence-corrected chi connectivity index (χ2v) is 4.89. The molecule has 1 aromatic rings. The van der Waals surface area contributed by atoms with Gasteiger partial charge in [-0.25, -0.2) is 8.78 Å². The minimum absolute atomic E-state index is 0.0904. The van der Waals surface area contributed by atoms with E-state index in [4.69, 9.17) is 0 Å². The first-order valence-electron chi connectivity index (χ1n) is 6.38. The second-order valence-electron chi connectivity index (χ2n) is 4.89. The van der Waals surface area contributed by atoms with E-state index in [1.54, 1.807) is 0 Å². The van der Waals surface area contributed by atoms with Gasteiger partial charge in [0.25, 0.3) is 0 Å². The van der Waals surface area contributed by atoms with Crippen molar-refractivity contribution in [1.29, 1.82) is 0 Å². The highest BCUT2D eigenvalue weighted by molar-refractivity contribution is 5.21. The molecule has 3 heteroatoms. The van der Waals surface area contributed by atoms with Gasteiger partial charge >= 0.3 is 0 Å². The van der Waals surface area contributed by atoms with Gasteiger partial charge in [0.15, 0.2) is 0 Å². The molecule has 0 spiro atoms. The smallest absolute Gasteiger partial charge is 0.126 e. The van der Waals surface area contributed by atoms with Crippen molar-refractivity contribution < 1.29 is 8.78 Å². The minimum atomic E-state index is -0.487. The van der Waals surface area contributed by atoms with Crippen molar-refractivity contribution >= 4 is 0 Å². The monoisotopic (exact) mass is 239 g/mol. The molecule has 0 aliphatic heterocycles. The molecule has 94 valence electrons. The maximum absolute atomic E-state index is 13.2. The minimum Gasteiger partial charge on any atom is -0.310 e. The summed E-state index contributed by atoms with van der Waals surface area (Å²) in [5, 5.41) is 3.38. The summed E-state index contributed by atoms with van der Waals surface area (Å²) in [5.41, 5.74) is 0.739. The SMILES string of the molecule is CCCNC(CC1CC1)c1cc(F)cc(F)c1. The quantitative estimate of drug-likeness (QED) is 0.796. The third-order valence-corrected chi connectivity index (χ3v) is 3.19. The van der Waals surface area contributed by atoms with Crippen molar-refractivity contribution in [3.63, 3.8) is 0 Å². The van der Waals surface area contributed by atoms with Crippen LogP contribution in [-0.4, -0.2) is 6.54 Å². The van der Waals surface area contributed by atoms with Crippen molar-refractivity contribution in [3.05, 3.63) is 35.4 Å². The van der Waals surface area contributed by atoms with Gasteiger partial charge in [-0.1, -0.05) is 19.8 Å². The van der Waals surface area contributed by atoms with E-state index in [0.29, 0.717) is 0 Å². The summed E-state index contributed by atoms with van der Waals surface area (Å²) in [4.78, 5) is 0. The molecule has 1 fully saturated rings. The Morgan fingerprint density at radius 1 is 1.24 bits per heavy atom. The molecule has 0 bridgehead atoms. The summed E-state index contributed by atoms with van der Waals surface area (Å²) in [7, 11) is 0. The molecule has 0 amide bonds. The van der Waals surface area contributed by atoms with E-state index in [2.05, 4.69) is 12.2 Å². The predicted octanol–water partition coefficient (Wildman–Crippen LogP) is 3.81. The highest BCUT2D eigenvalue weighted by Crippen LogP contribution is 2.37. The van der Waals surface area contributed by atoms with E-state index in [9.17, 15) is 8.78 Å². The molecule has 0 heterocycles. The van der Waals surface area contributed by atoms with Gasteiger partial charge in [-0.2, -0.15) is 0 Å². The number of hydrogen-bond donors (Lipinski definition) is 1. The number of hydrogen-bond acceptors (Lipinski definition) is 1. The van der Waals surface area contributed by atoms with Crippen molar-refractivity contribution in [3.8, 4) is 0 Å². The molecular weight excluding hydrogens is 220 g/mol. The topological polar surface area (TPSA) is 12.0 Å². The number of nitrogens with one attached hydrogen (secondary N) is 1. The molecule has 1 aliphatic rings. The maximum Gasteiger partial charge on any atom is 0.126 e. The van der Waals surface area contributed by atoms with Gasteiger partial charge in [-0.3, -0.25) is 0 Å². The normalized spacial score (nSPS) is 17.1. The van der Waals surface area contributed by atoms with Gasteiger partial charge < -0.3 is 5.32 Å². The summed E-state index contributed by atoms with van der Waals surface area (Å²) in [5.74, 6) is -0.242. The van der Waals surface area contributed by atoms with Crippen LogP contribution >= 0.6 is 0 Å². The fraction of sp³-hybridized carbons (Fsp3) is 0.571. The lowest BCUT2D eigenvalue weighted by Crippen LogP contribution is -2.23. The fourth-order valence-corrected chi connectivity index (χ4v) is 2.12. The van der Waals surface area contributed by atoms with Crippen molar-refractivity contribution in [2.45, 2.75) is 38.6 Å². The zero-order chi connectivity index (χ0) is 12.3.